The molecule has 2 aromatic rings. The fraction of sp³-hybridized carbons (Fsp3) is 0.333. The zero-order chi connectivity index (χ0) is 21.2. The summed E-state index contributed by atoms with van der Waals surface area (Å²) in [6, 6.07) is 8.52. The number of nitriles is 1. The number of benzene rings is 1. The Morgan fingerprint density at radius 1 is 1.41 bits per heavy atom. The number of halogens is 3. The first-order valence-corrected chi connectivity index (χ1v) is 8.42. The molecule has 0 N–H and O–H groups in total. The first-order chi connectivity index (χ1) is 13.7. The minimum Gasteiger partial charge on any atom is -0.489 e. The molecule has 1 saturated heterocycles. The van der Waals surface area contributed by atoms with Crippen LogP contribution in [0, 0.1) is 28.4 Å². The van der Waals surface area contributed by atoms with Crippen LogP contribution in [0.2, 0.25) is 0 Å². The molecule has 8 nitrogen and oxygen atoms in total. The molecule has 2 heterocycles. The highest BCUT2D eigenvalue weighted by Crippen LogP contribution is 2.36. The van der Waals surface area contributed by atoms with Gasteiger partial charge in [0.25, 0.3) is 5.69 Å². The third-order valence-corrected chi connectivity index (χ3v) is 4.28. The van der Waals surface area contributed by atoms with Gasteiger partial charge in [-0.25, -0.2) is 4.98 Å². The smallest absolute Gasteiger partial charge is 0.433 e. The van der Waals surface area contributed by atoms with Crippen LogP contribution < -0.4 is 9.64 Å². The maximum Gasteiger partial charge on any atom is 0.433 e. The lowest BCUT2D eigenvalue weighted by atomic mass is 10.1. The van der Waals surface area contributed by atoms with Crippen LogP contribution in [0.15, 0.2) is 36.5 Å². The van der Waals surface area contributed by atoms with Crippen molar-refractivity contribution in [2.75, 3.05) is 18.1 Å². The predicted molar refractivity (Wildman–Crippen MR) is 94.3 cm³/mol. The third-order valence-electron chi connectivity index (χ3n) is 4.28. The predicted octanol–water partition coefficient (Wildman–Crippen LogP) is 3.34. The van der Waals surface area contributed by atoms with Gasteiger partial charge in [-0.15, -0.1) is 0 Å². The zero-order valence-electron chi connectivity index (χ0n) is 15.1. The van der Waals surface area contributed by atoms with Crippen molar-refractivity contribution in [1.29, 1.82) is 5.26 Å². The number of pyridine rings is 1. The van der Waals surface area contributed by atoms with Crippen LogP contribution >= 0.6 is 0 Å². The molecule has 0 aliphatic carbocycles. The van der Waals surface area contributed by atoms with Gasteiger partial charge in [-0.1, -0.05) is 0 Å². The number of nitro groups is 1. The normalized spacial score (nSPS) is 19.1. The first kappa shape index (κ1) is 20.3. The SMILES string of the molecule is Cc1cc(N2C[C@@H](COc3ccc(C#N)nc3)O[C@@H]2C(F)(F)F)ccc1[N+](=O)[O-]. The summed E-state index contributed by atoms with van der Waals surface area (Å²) in [4.78, 5) is 15.2. The molecule has 3 rings (SSSR count). The molecule has 1 aliphatic heterocycles. The maximum absolute atomic E-state index is 13.5. The summed E-state index contributed by atoms with van der Waals surface area (Å²) in [6.07, 6.45) is -6.46. The summed E-state index contributed by atoms with van der Waals surface area (Å²) in [5.41, 5.74) is 0.423. The molecule has 29 heavy (non-hydrogen) atoms. The Bertz CT molecular complexity index is 944. The van der Waals surface area contributed by atoms with Gasteiger partial charge in [0.2, 0.25) is 6.23 Å². The lowest BCUT2D eigenvalue weighted by molar-refractivity contribution is -0.385. The van der Waals surface area contributed by atoms with Crippen molar-refractivity contribution < 1.29 is 27.6 Å². The molecule has 0 spiro atoms. The zero-order valence-corrected chi connectivity index (χ0v) is 15.1. The molecule has 1 aromatic heterocycles. The number of aromatic nitrogens is 1. The van der Waals surface area contributed by atoms with Gasteiger partial charge < -0.3 is 14.4 Å². The molecule has 0 amide bonds. The van der Waals surface area contributed by atoms with E-state index < -0.39 is 23.4 Å². The molecule has 11 heteroatoms. The first-order valence-electron chi connectivity index (χ1n) is 8.42. The Kier molecular flexibility index (Phi) is 5.56. The Morgan fingerprint density at radius 2 is 2.17 bits per heavy atom. The third kappa shape index (κ3) is 4.55. The largest absolute Gasteiger partial charge is 0.489 e. The van der Waals surface area contributed by atoms with Gasteiger partial charge in [-0.05, 0) is 31.2 Å². The van der Waals surface area contributed by atoms with Gasteiger partial charge >= 0.3 is 6.18 Å². The second kappa shape index (κ2) is 7.92. The standard InChI is InChI=1S/C18H15F3N4O4/c1-11-6-13(3-5-16(11)25(26)27)24-9-15(29-17(24)18(19,20)21)10-28-14-4-2-12(7-22)23-8-14/h2-6,8,15,17H,9-10H2,1H3/t15-,17+/m0/s1. The number of alkyl halides is 3. The molecule has 2 atom stereocenters. The minimum atomic E-state index is -4.67. The van der Waals surface area contributed by atoms with E-state index in [1.807, 2.05) is 6.07 Å². The molecule has 1 fully saturated rings. The van der Waals surface area contributed by atoms with Gasteiger partial charge in [-0.2, -0.15) is 18.4 Å². The topological polar surface area (TPSA) is 102 Å². The number of hydrogen-bond donors (Lipinski definition) is 0. The quantitative estimate of drug-likeness (QED) is 0.552. The fourth-order valence-corrected chi connectivity index (χ4v) is 2.94. The molecule has 0 radical (unpaired) electrons. The number of nitro benzene ring substituents is 1. The van der Waals surface area contributed by atoms with E-state index in [1.54, 1.807) is 0 Å². The number of hydrogen-bond acceptors (Lipinski definition) is 7. The van der Waals surface area contributed by atoms with Gasteiger partial charge in [0, 0.05) is 17.3 Å². The number of anilines is 1. The number of rotatable bonds is 5. The molecular formula is C18H15F3N4O4. The van der Waals surface area contributed by atoms with E-state index in [9.17, 15) is 23.3 Å². The molecule has 152 valence electrons. The Hall–Kier alpha value is -3.39. The summed E-state index contributed by atoms with van der Waals surface area (Å²) in [6.45, 7) is 1.17. The van der Waals surface area contributed by atoms with Crippen molar-refractivity contribution in [1.82, 2.24) is 4.98 Å². The van der Waals surface area contributed by atoms with Crippen molar-refractivity contribution in [2.24, 2.45) is 0 Å². The lowest BCUT2D eigenvalue weighted by Gasteiger charge is -2.26. The van der Waals surface area contributed by atoms with E-state index in [4.69, 9.17) is 14.7 Å². The monoisotopic (exact) mass is 408 g/mol. The van der Waals surface area contributed by atoms with Gasteiger partial charge in [0.05, 0.1) is 17.7 Å². The Morgan fingerprint density at radius 3 is 2.72 bits per heavy atom. The van der Waals surface area contributed by atoms with Gasteiger partial charge in [0.15, 0.2) is 0 Å². The van der Waals surface area contributed by atoms with Crippen molar-refractivity contribution in [3.8, 4) is 11.8 Å². The van der Waals surface area contributed by atoms with Gasteiger partial charge in [-0.3, -0.25) is 10.1 Å². The lowest BCUT2D eigenvalue weighted by Crippen LogP contribution is -2.42. The highest BCUT2D eigenvalue weighted by molar-refractivity contribution is 5.56. The summed E-state index contributed by atoms with van der Waals surface area (Å²) in [5.74, 6) is 0.292. The molecule has 1 aromatic carbocycles. The van der Waals surface area contributed by atoms with Crippen LogP contribution in [0.4, 0.5) is 24.5 Å². The highest BCUT2D eigenvalue weighted by atomic mass is 19.4. The van der Waals surface area contributed by atoms with Crippen LogP contribution in [-0.4, -0.2) is 41.6 Å². The van der Waals surface area contributed by atoms with Gasteiger partial charge in [0.1, 0.15) is 30.2 Å². The number of aryl methyl sites for hydroxylation is 1. The van der Waals surface area contributed by atoms with E-state index in [-0.39, 0.29) is 35.8 Å². The van der Waals surface area contributed by atoms with Crippen LogP contribution in [0.3, 0.4) is 0 Å². The molecule has 1 aliphatic rings. The van der Waals surface area contributed by atoms with Crippen molar-refractivity contribution >= 4 is 11.4 Å². The molecule has 0 unspecified atom stereocenters. The van der Waals surface area contributed by atoms with Crippen LogP contribution in [-0.2, 0) is 4.74 Å². The van der Waals surface area contributed by atoms with Crippen LogP contribution in [0.25, 0.3) is 0 Å². The second-order valence-corrected chi connectivity index (χ2v) is 6.33. The minimum absolute atomic E-state index is 0.120. The number of ether oxygens (including phenoxy) is 2. The maximum atomic E-state index is 13.5. The molecule has 0 bridgehead atoms. The van der Waals surface area contributed by atoms with Crippen LogP contribution in [0.5, 0.6) is 5.75 Å². The van der Waals surface area contributed by atoms with E-state index in [0.717, 1.165) is 4.90 Å². The second-order valence-electron chi connectivity index (χ2n) is 6.33. The van der Waals surface area contributed by atoms with Crippen LogP contribution in [0.1, 0.15) is 11.3 Å². The fourth-order valence-electron chi connectivity index (χ4n) is 2.94. The Balaban J connectivity index is 1.75. The number of nitrogens with zero attached hydrogens (tertiary/aromatic N) is 4. The average molecular weight is 408 g/mol. The summed E-state index contributed by atoms with van der Waals surface area (Å²) in [5, 5.41) is 19.7. The van der Waals surface area contributed by atoms with E-state index in [1.165, 1.54) is 43.5 Å². The van der Waals surface area contributed by atoms with Crippen molar-refractivity contribution in [2.45, 2.75) is 25.4 Å². The Labute approximate surface area is 163 Å². The van der Waals surface area contributed by atoms with Crippen molar-refractivity contribution in [3.05, 3.63) is 57.9 Å². The average Bonchev–Trinajstić information content (AvgIpc) is 3.11. The summed E-state index contributed by atoms with van der Waals surface area (Å²) in [7, 11) is 0. The summed E-state index contributed by atoms with van der Waals surface area (Å²) < 4.78 is 51.0. The highest BCUT2D eigenvalue weighted by Gasteiger charge is 2.51. The van der Waals surface area contributed by atoms with E-state index in [0.29, 0.717) is 5.75 Å². The van der Waals surface area contributed by atoms with E-state index in [2.05, 4.69) is 4.98 Å². The summed E-state index contributed by atoms with van der Waals surface area (Å²) >= 11 is 0. The van der Waals surface area contributed by atoms with E-state index >= 15 is 0 Å². The van der Waals surface area contributed by atoms with Crippen molar-refractivity contribution in [3.63, 3.8) is 0 Å². The molecular weight excluding hydrogens is 393 g/mol. The molecule has 0 saturated carbocycles.